The lowest BCUT2D eigenvalue weighted by Crippen LogP contribution is -2.27. The molecule has 0 aromatic heterocycles. The van der Waals surface area contributed by atoms with Crippen molar-refractivity contribution < 1.29 is 9.94 Å². The Hall–Kier alpha value is -1.46. The highest BCUT2D eigenvalue weighted by molar-refractivity contribution is 6.32. The molecular weight excluding hydrogens is 206 g/mol. The number of guanidine groups is 1. The lowest BCUT2D eigenvalue weighted by molar-refractivity contribution is 0.233. The Morgan fingerprint density at radius 3 is 2.86 bits per heavy atom. The Bertz CT molecular complexity index is 354. The molecule has 1 aromatic rings. The number of hydrogen-bond donors (Lipinski definition) is 3. The summed E-state index contributed by atoms with van der Waals surface area (Å²) in [6.45, 7) is 0. The quantitative estimate of drug-likeness (QED) is 0.394. The molecule has 0 saturated carbocycles. The monoisotopic (exact) mass is 215 g/mol. The number of hydrogen-bond acceptors (Lipinski definition) is 3. The molecule has 0 amide bonds. The lowest BCUT2D eigenvalue weighted by Gasteiger charge is -2.03. The maximum absolute atomic E-state index is 8.40. The van der Waals surface area contributed by atoms with Gasteiger partial charge in [-0.2, -0.15) is 0 Å². The maximum Gasteiger partial charge on any atom is 0.218 e. The van der Waals surface area contributed by atoms with Gasteiger partial charge in [-0.15, -0.1) is 0 Å². The van der Waals surface area contributed by atoms with Gasteiger partial charge in [0.05, 0.1) is 17.8 Å². The summed E-state index contributed by atoms with van der Waals surface area (Å²) in [6, 6.07) is 4.89. The van der Waals surface area contributed by atoms with Gasteiger partial charge >= 0.3 is 0 Å². The third kappa shape index (κ3) is 2.51. The van der Waals surface area contributed by atoms with E-state index in [1.165, 1.54) is 7.11 Å². The second-order valence-corrected chi connectivity index (χ2v) is 2.83. The Balaban J connectivity index is 2.97. The normalized spacial score (nSPS) is 11.2. The van der Waals surface area contributed by atoms with Gasteiger partial charge in [0.25, 0.3) is 0 Å². The van der Waals surface area contributed by atoms with Gasteiger partial charge in [-0.25, -0.2) is 10.5 Å². The fraction of sp³-hybridized carbons (Fsp3) is 0.125. The van der Waals surface area contributed by atoms with Crippen LogP contribution >= 0.6 is 11.6 Å². The predicted octanol–water partition coefficient (Wildman–Crippen LogP) is 1.27. The number of rotatable bonds is 2. The Labute approximate surface area is 86.1 Å². The smallest absolute Gasteiger partial charge is 0.218 e. The first kappa shape index (κ1) is 10.6. The zero-order chi connectivity index (χ0) is 10.6. The zero-order valence-corrected chi connectivity index (χ0v) is 8.25. The van der Waals surface area contributed by atoms with Crippen LogP contribution in [0.5, 0.6) is 5.75 Å². The van der Waals surface area contributed by atoms with Crippen molar-refractivity contribution in [1.82, 2.24) is 5.48 Å². The van der Waals surface area contributed by atoms with Crippen LogP contribution in [-0.4, -0.2) is 18.3 Å². The van der Waals surface area contributed by atoms with Crippen molar-refractivity contribution in [2.45, 2.75) is 0 Å². The van der Waals surface area contributed by atoms with E-state index < -0.39 is 0 Å². The van der Waals surface area contributed by atoms with E-state index in [1.807, 2.05) is 0 Å². The van der Waals surface area contributed by atoms with Crippen LogP contribution in [0.2, 0.25) is 5.02 Å². The van der Waals surface area contributed by atoms with Crippen molar-refractivity contribution in [2.75, 3.05) is 7.11 Å². The van der Waals surface area contributed by atoms with Crippen molar-refractivity contribution in [2.24, 2.45) is 10.7 Å². The van der Waals surface area contributed by atoms with Crippen LogP contribution in [0.4, 0.5) is 5.69 Å². The first-order valence-electron chi connectivity index (χ1n) is 3.75. The highest BCUT2D eigenvalue weighted by atomic mass is 35.5. The highest BCUT2D eigenvalue weighted by Crippen LogP contribution is 2.28. The molecule has 0 atom stereocenters. The number of ether oxygens (including phenoxy) is 1. The Morgan fingerprint density at radius 1 is 1.64 bits per heavy atom. The summed E-state index contributed by atoms with van der Waals surface area (Å²) < 4.78 is 4.95. The van der Waals surface area contributed by atoms with Gasteiger partial charge in [0.2, 0.25) is 5.96 Å². The number of methoxy groups -OCH3 is 1. The van der Waals surface area contributed by atoms with E-state index in [0.29, 0.717) is 16.5 Å². The fourth-order valence-electron chi connectivity index (χ4n) is 0.889. The summed E-state index contributed by atoms with van der Waals surface area (Å²) in [5.41, 5.74) is 7.48. The van der Waals surface area contributed by atoms with Gasteiger partial charge in [0.1, 0.15) is 5.75 Å². The molecule has 5 nitrogen and oxygen atoms in total. The van der Waals surface area contributed by atoms with E-state index in [-0.39, 0.29) is 5.96 Å². The van der Waals surface area contributed by atoms with Crippen LogP contribution in [0.3, 0.4) is 0 Å². The first-order valence-corrected chi connectivity index (χ1v) is 4.13. The van der Waals surface area contributed by atoms with E-state index in [1.54, 1.807) is 23.7 Å². The minimum absolute atomic E-state index is 0.105. The molecule has 76 valence electrons. The predicted molar refractivity (Wildman–Crippen MR) is 54.2 cm³/mol. The molecule has 0 aliphatic carbocycles. The number of nitrogens with one attached hydrogen (secondary N) is 1. The number of aliphatic imine (C=N–C) groups is 1. The average Bonchev–Trinajstić information content (AvgIpc) is 2.18. The molecule has 1 rings (SSSR count). The average molecular weight is 216 g/mol. The molecule has 0 unspecified atom stereocenters. The Morgan fingerprint density at radius 2 is 2.36 bits per heavy atom. The van der Waals surface area contributed by atoms with E-state index in [0.717, 1.165) is 0 Å². The van der Waals surface area contributed by atoms with Crippen LogP contribution in [0.15, 0.2) is 23.2 Å². The summed E-state index contributed by atoms with van der Waals surface area (Å²) in [4.78, 5) is 3.81. The van der Waals surface area contributed by atoms with Crippen molar-refractivity contribution in [1.29, 1.82) is 0 Å². The van der Waals surface area contributed by atoms with E-state index in [9.17, 15) is 0 Å². The third-order valence-corrected chi connectivity index (χ3v) is 1.79. The molecule has 1 aromatic carbocycles. The summed E-state index contributed by atoms with van der Waals surface area (Å²) in [5, 5.41) is 8.83. The molecule has 0 spiro atoms. The second-order valence-electron chi connectivity index (χ2n) is 2.43. The van der Waals surface area contributed by atoms with Gasteiger partial charge in [0.15, 0.2) is 0 Å². The van der Waals surface area contributed by atoms with Crippen molar-refractivity contribution >= 4 is 23.2 Å². The molecular formula is C8H10ClN3O2. The van der Waals surface area contributed by atoms with Crippen molar-refractivity contribution in [3.8, 4) is 5.75 Å². The number of nitrogens with zero attached hydrogens (tertiary/aromatic N) is 1. The summed E-state index contributed by atoms with van der Waals surface area (Å²) in [7, 11) is 1.52. The largest absolute Gasteiger partial charge is 0.495 e. The van der Waals surface area contributed by atoms with Crippen molar-refractivity contribution in [3.63, 3.8) is 0 Å². The minimum Gasteiger partial charge on any atom is -0.495 e. The number of nitrogens with two attached hydrogens (primary N) is 1. The summed E-state index contributed by atoms with van der Waals surface area (Å²) in [6.07, 6.45) is 0. The van der Waals surface area contributed by atoms with Gasteiger partial charge < -0.3 is 10.5 Å². The van der Waals surface area contributed by atoms with Crippen molar-refractivity contribution in [3.05, 3.63) is 23.2 Å². The zero-order valence-electron chi connectivity index (χ0n) is 7.49. The van der Waals surface area contributed by atoms with Crippen LogP contribution in [0.25, 0.3) is 0 Å². The van der Waals surface area contributed by atoms with E-state index in [4.69, 9.17) is 27.3 Å². The van der Waals surface area contributed by atoms with E-state index >= 15 is 0 Å². The molecule has 0 radical (unpaired) electrons. The van der Waals surface area contributed by atoms with Crippen LogP contribution in [0, 0.1) is 0 Å². The lowest BCUT2D eigenvalue weighted by atomic mass is 10.3. The number of hydroxylamine groups is 1. The van der Waals surface area contributed by atoms with Crippen LogP contribution < -0.4 is 16.0 Å². The maximum atomic E-state index is 8.40. The summed E-state index contributed by atoms with van der Waals surface area (Å²) >= 11 is 5.84. The van der Waals surface area contributed by atoms with Gasteiger partial charge in [-0.1, -0.05) is 11.6 Å². The Kier molecular flexibility index (Phi) is 3.55. The van der Waals surface area contributed by atoms with Gasteiger partial charge in [0, 0.05) is 0 Å². The molecule has 6 heteroatoms. The van der Waals surface area contributed by atoms with Gasteiger partial charge in [-0.3, -0.25) is 5.21 Å². The molecule has 0 heterocycles. The first-order chi connectivity index (χ1) is 6.67. The molecule has 0 bridgehead atoms. The number of halogens is 1. The fourth-order valence-corrected chi connectivity index (χ4v) is 1.14. The van der Waals surface area contributed by atoms with Crippen LogP contribution in [-0.2, 0) is 0 Å². The third-order valence-electron chi connectivity index (χ3n) is 1.50. The van der Waals surface area contributed by atoms with Gasteiger partial charge in [-0.05, 0) is 18.2 Å². The van der Waals surface area contributed by atoms with Crippen LogP contribution in [0.1, 0.15) is 0 Å². The SMILES string of the molecule is COc1ccc(N=C(N)NO)cc1Cl. The highest BCUT2D eigenvalue weighted by Gasteiger charge is 2.00. The second kappa shape index (κ2) is 4.69. The topological polar surface area (TPSA) is 79.9 Å². The summed E-state index contributed by atoms with van der Waals surface area (Å²) in [5.74, 6) is 0.451. The molecule has 14 heavy (non-hydrogen) atoms. The molecule has 0 aliphatic rings. The number of benzene rings is 1. The molecule has 0 aliphatic heterocycles. The molecule has 0 fully saturated rings. The minimum atomic E-state index is -0.105. The standard InChI is InChI=1S/C8H10ClN3O2/c1-14-7-3-2-5(4-6(7)9)11-8(10)12-13/h2-4,13H,1H3,(H3,10,11,12). The molecule has 0 saturated heterocycles. The van der Waals surface area contributed by atoms with E-state index in [2.05, 4.69) is 4.99 Å². The molecule has 4 N–H and O–H groups in total.